The van der Waals surface area contributed by atoms with Crippen molar-refractivity contribution >= 4 is 28.8 Å². The Kier molecular flexibility index (Phi) is 6.67. The Labute approximate surface area is 193 Å². The van der Waals surface area contributed by atoms with Crippen molar-refractivity contribution in [2.75, 3.05) is 14.2 Å². The molecule has 0 unspecified atom stereocenters. The molecular weight excluding hydrogens is 446 g/mol. The second kappa shape index (κ2) is 9.80. The fourth-order valence-electron chi connectivity index (χ4n) is 3.03. The Hall–Kier alpha value is -3.43. The van der Waals surface area contributed by atoms with Crippen molar-refractivity contribution in [2.24, 2.45) is 0 Å². The molecule has 0 saturated heterocycles. The third kappa shape index (κ3) is 4.90. The van der Waals surface area contributed by atoms with Crippen LogP contribution in [0.15, 0.2) is 71.2 Å². The first-order valence-electron chi connectivity index (χ1n) is 9.58. The molecule has 4 rings (SSSR count). The van der Waals surface area contributed by atoms with Crippen LogP contribution in [0.5, 0.6) is 11.5 Å². The van der Waals surface area contributed by atoms with E-state index in [4.69, 9.17) is 14.5 Å². The minimum atomic E-state index is -0.397. The van der Waals surface area contributed by atoms with Crippen LogP contribution in [0.4, 0.5) is 5.69 Å². The number of methoxy groups -OCH3 is 2. The van der Waals surface area contributed by atoms with Crippen molar-refractivity contribution in [3.63, 3.8) is 0 Å². The van der Waals surface area contributed by atoms with E-state index in [-0.39, 0.29) is 5.69 Å². The van der Waals surface area contributed by atoms with Crippen molar-refractivity contribution in [1.82, 2.24) is 9.97 Å². The smallest absolute Gasteiger partial charge is 0.269 e. The summed E-state index contributed by atoms with van der Waals surface area (Å²) < 4.78 is 10.8. The lowest BCUT2D eigenvalue weighted by Gasteiger charge is -2.08. The number of pyridine rings is 1. The number of rotatable bonds is 8. The van der Waals surface area contributed by atoms with Gasteiger partial charge in [-0.2, -0.15) is 0 Å². The molecule has 162 valence electrons. The van der Waals surface area contributed by atoms with Gasteiger partial charge in [0, 0.05) is 46.7 Å². The summed E-state index contributed by atoms with van der Waals surface area (Å²) in [5.41, 5.74) is 3.80. The van der Waals surface area contributed by atoms with Crippen LogP contribution in [-0.4, -0.2) is 29.1 Å². The summed E-state index contributed by atoms with van der Waals surface area (Å²) in [7, 11) is 3.25. The van der Waals surface area contributed by atoms with Gasteiger partial charge in [0.2, 0.25) is 0 Å². The summed E-state index contributed by atoms with van der Waals surface area (Å²) in [6.45, 7) is 0. The van der Waals surface area contributed by atoms with Gasteiger partial charge < -0.3 is 9.47 Å². The maximum Gasteiger partial charge on any atom is 0.269 e. The lowest BCUT2D eigenvalue weighted by molar-refractivity contribution is -0.384. The number of non-ortho nitro benzene ring substituents is 1. The molecule has 0 bridgehead atoms. The molecule has 0 aliphatic heterocycles. The van der Waals surface area contributed by atoms with Gasteiger partial charge in [0.05, 0.1) is 29.9 Å². The lowest BCUT2D eigenvalue weighted by Crippen LogP contribution is -1.91. The molecule has 0 spiro atoms. The molecule has 0 fully saturated rings. The molecule has 0 saturated carbocycles. The SMILES string of the molecule is COc1ccc(-c2csc(-c3ccnc(SCc4ccc([N+](=O)[O-])cc4)c3)n2)c(OC)c1. The normalized spacial score (nSPS) is 10.7. The molecule has 0 amide bonds. The molecule has 4 aromatic rings. The van der Waals surface area contributed by atoms with Gasteiger partial charge in [-0.25, -0.2) is 9.97 Å². The average molecular weight is 466 g/mol. The van der Waals surface area contributed by atoms with E-state index in [9.17, 15) is 10.1 Å². The molecule has 7 nitrogen and oxygen atoms in total. The van der Waals surface area contributed by atoms with E-state index in [0.717, 1.165) is 38.2 Å². The fourth-order valence-corrected chi connectivity index (χ4v) is 4.70. The van der Waals surface area contributed by atoms with E-state index in [2.05, 4.69) is 4.98 Å². The Morgan fingerprint density at radius 1 is 1.06 bits per heavy atom. The van der Waals surface area contributed by atoms with E-state index in [1.54, 1.807) is 55.6 Å². The minimum absolute atomic E-state index is 0.0898. The summed E-state index contributed by atoms with van der Waals surface area (Å²) in [6.07, 6.45) is 1.77. The summed E-state index contributed by atoms with van der Waals surface area (Å²) in [6, 6.07) is 16.2. The van der Waals surface area contributed by atoms with Crippen molar-refractivity contribution < 1.29 is 14.4 Å². The highest BCUT2D eigenvalue weighted by atomic mass is 32.2. The van der Waals surface area contributed by atoms with E-state index >= 15 is 0 Å². The van der Waals surface area contributed by atoms with Crippen LogP contribution >= 0.6 is 23.1 Å². The molecule has 0 aliphatic rings. The Balaban J connectivity index is 1.50. The van der Waals surface area contributed by atoms with Gasteiger partial charge >= 0.3 is 0 Å². The zero-order valence-electron chi connectivity index (χ0n) is 17.3. The molecule has 2 aromatic carbocycles. The molecule has 9 heteroatoms. The topological polar surface area (TPSA) is 87.4 Å². The number of nitro groups is 1. The van der Waals surface area contributed by atoms with Gasteiger partial charge in [-0.3, -0.25) is 10.1 Å². The zero-order valence-corrected chi connectivity index (χ0v) is 19.0. The van der Waals surface area contributed by atoms with Crippen molar-refractivity contribution in [3.05, 3.63) is 81.9 Å². The predicted octanol–water partition coefficient (Wildman–Crippen LogP) is 6.09. The highest BCUT2D eigenvalue weighted by Crippen LogP contribution is 2.36. The molecule has 0 atom stereocenters. The monoisotopic (exact) mass is 465 g/mol. The van der Waals surface area contributed by atoms with Crippen LogP contribution in [0, 0.1) is 10.1 Å². The fraction of sp³-hybridized carbons (Fsp3) is 0.130. The van der Waals surface area contributed by atoms with E-state index in [1.807, 2.05) is 35.7 Å². The average Bonchev–Trinajstić information content (AvgIpc) is 3.33. The highest BCUT2D eigenvalue weighted by molar-refractivity contribution is 7.98. The molecule has 0 N–H and O–H groups in total. The summed E-state index contributed by atoms with van der Waals surface area (Å²) in [5.74, 6) is 2.10. The third-order valence-corrected chi connectivity index (χ3v) is 6.59. The van der Waals surface area contributed by atoms with Crippen molar-refractivity contribution in [1.29, 1.82) is 0 Å². The maximum atomic E-state index is 10.8. The van der Waals surface area contributed by atoms with Gasteiger partial charge in [0.15, 0.2) is 0 Å². The molecule has 0 aliphatic carbocycles. The number of nitrogens with zero attached hydrogens (tertiary/aromatic N) is 3. The van der Waals surface area contributed by atoms with Crippen LogP contribution in [0.1, 0.15) is 5.56 Å². The first-order chi connectivity index (χ1) is 15.6. The van der Waals surface area contributed by atoms with Gasteiger partial charge in [0.25, 0.3) is 5.69 Å². The Morgan fingerprint density at radius 2 is 1.88 bits per heavy atom. The highest BCUT2D eigenvalue weighted by Gasteiger charge is 2.13. The summed E-state index contributed by atoms with van der Waals surface area (Å²) >= 11 is 3.13. The quantitative estimate of drug-likeness (QED) is 0.177. The number of aromatic nitrogens is 2. The number of ether oxygens (including phenoxy) is 2. The number of hydrogen-bond acceptors (Lipinski definition) is 8. The minimum Gasteiger partial charge on any atom is -0.497 e. The second-order valence-corrected chi connectivity index (χ2v) is 8.55. The maximum absolute atomic E-state index is 10.8. The second-order valence-electron chi connectivity index (χ2n) is 6.70. The molecule has 0 radical (unpaired) electrons. The molecule has 2 heterocycles. The van der Waals surface area contributed by atoms with E-state index in [0.29, 0.717) is 11.5 Å². The summed E-state index contributed by atoms with van der Waals surface area (Å²) in [4.78, 5) is 19.6. The number of hydrogen-bond donors (Lipinski definition) is 0. The van der Waals surface area contributed by atoms with Crippen LogP contribution in [0.25, 0.3) is 21.8 Å². The lowest BCUT2D eigenvalue weighted by atomic mass is 10.1. The Bertz CT molecular complexity index is 1240. The third-order valence-electron chi connectivity index (χ3n) is 4.70. The summed E-state index contributed by atoms with van der Waals surface area (Å²) in [5, 5.41) is 14.5. The van der Waals surface area contributed by atoms with Crippen LogP contribution < -0.4 is 9.47 Å². The molecular formula is C23H19N3O4S2. The van der Waals surface area contributed by atoms with Crippen molar-refractivity contribution in [2.45, 2.75) is 10.8 Å². The number of nitro benzene ring substituents is 1. The van der Waals surface area contributed by atoms with Crippen LogP contribution in [0.3, 0.4) is 0 Å². The first kappa shape index (κ1) is 21.8. The van der Waals surface area contributed by atoms with Gasteiger partial charge in [0.1, 0.15) is 16.5 Å². The van der Waals surface area contributed by atoms with E-state index in [1.165, 1.54) is 12.1 Å². The molecule has 32 heavy (non-hydrogen) atoms. The van der Waals surface area contributed by atoms with Gasteiger partial charge in [-0.15, -0.1) is 23.1 Å². The Morgan fingerprint density at radius 3 is 2.59 bits per heavy atom. The van der Waals surface area contributed by atoms with E-state index < -0.39 is 4.92 Å². The zero-order chi connectivity index (χ0) is 22.5. The number of benzene rings is 2. The predicted molar refractivity (Wildman–Crippen MR) is 127 cm³/mol. The molecule has 2 aromatic heterocycles. The largest absolute Gasteiger partial charge is 0.497 e. The van der Waals surface area contributed by atoms with Gasteiger partial charge in [-0.05, 0) is 29.8 Å². The van der Waals surface area contributed by atoms with Gasteiger partial charge in [-0.1, -0.05) is 12.1 Å². The van der Waals surface area contributed by atoms with Crippen LogP contribution in [-0.2, 0) is 5.75 Å². The first-order valence-corrected chi connectivity index (χ1v) is 11.4. The number of thiazole rings is 1. The number of thioether (sulfide) groups is 1. The van der Waals surface area contributed by atoms with Crippen molar-refractivity contribution in [3.8, 4) is 33.3 Å². The van der Waals surface area contributed by atoms with Crippen LogP contribution in [0.2, 0.25) is 0 Å². The standard InChI is InChI=1S/C23H19N3O4S2/c1-29-18-7-8-19(21(12-18)30-2)20-14-32-23(25-20)16-9-10-24-22(11-16)31-13-15-3-5-17(6-4-15)26(27)28/h3-12,14H,13H2,1-2H3.